The molecule has 2 heterocycles. The normalized spacial score (nSPS) is 13.3. The lowest BCUT2D eigenvalue weighted by Crippen LogP contribution is -2.47. The van der Waals surface area contributed by atoms with Crippen LogP contribution < -0.4 is 15.8 Å². The van der Waals surface area contributed by atoms with Crippen molar-refractivity contribution in [1.82, 2.24) is 10.9 Å². The predicted molar refractivity (Wildman–Crippen MR) is 109 cm³/mol. The lowest BCUT2D eigenvalue weighted by atomic mass is 10.0. The first kappa shape index (κ1) is 17.8. The zero-order chi connectivity index (χ0) is 18.8. The number of anilines is 1. The Morgan fingerprint density at radius 2 is 1.85 bits per heavy atom. The number of aryl methyl sites for hydroxylation is 1. The zero-order valence-electron chi connectivity index (χ0n) is 14.5. The van der Waals surface area contributed by atoms with Crippen molar-refractivity contribution in [1.29, 1.82) is 0 Å². The molecular weight excluding hydrogens is 382 g/mol. The fraction of sp³-hybridized carbons (Fsp3) is 0.200. The number of rotatable bonds is 3. The van der Waals surface area contributed by atoms with Crippen LogP contribution in [-0.4, -0.2) is 24.9 Å². The molecule has 0 spiro atoms. The van der Waals surface area contributed by atoms with Gasteiger partial charge in [-0.1, -0.05) is 48.0 Å². The summed E-state index contributed by atoms with van der Waals surface area (Å²) in [6.07, 6.45) is 2.03. The van der Waals surface area contributed by atoms with E-state index in [-0.39, 0.29) is 12.5 Å². The first-order valence-electron chi connectivity index (χ1n) is 8.72. The van der Waals surface area contributed by atoms with Gasteiger partial charge in [-0.3, -0.25) is 20.4 Å². The molecule has 1 aliphatic heterocycles. The average Bonchev–Trinajstić information content (AvgIpc) is 3.03. The molecule has 0 unspecified atom stereocenters. The summed E-state index contributed by atoms with van der Waals surface area (Å²) >= 11 is 7.61. The molecular formula is C20H18ClN3O2S. The van der Waals surface area contributed by atoms with E-state index >= 15 is 0 Å². The monoisotopic (exact) mass is 399 g/mol. The topological polar surface area (TPSA) is 61.4 Å². The Hall–Kier alpha value is -2.57. The minimum atomic E-state index is -0.409. The van der Waals surface area contributed by atoms with Gasteiger partial charge in [0.15, 0.2) is 0 Å². The fourth-order valence-electron chi connectivity index (χ4n) is 3.33. The number of nitrogens with one attached hydrogen (secondary N) is 2. The molecule has 0 radical (unpaired) electrons. The van der Waals surface area contributed by atoms with E-state index < -0.39 is 5.91 Å². The van der Waals surface area contributed by atoms with Crippen LogP contribution in [0, 0.1) is 0 Å². The summed E-state index contributed by atoms with van der Waals surface area (Å²) in [4.78, 5) is 27.2. The standard InChI is InChI=1S/C20H18ClN3O2S/c21-18-14-8-2-4-10-16(14)27-19(18)20(26)23-22-17(25)12-24-11-5-7-13-6-1-3-9-15(13)24/h1-4,6,8-10H,5,7,11-12H2,(H,22,25)(H,23,26). The Morgan fingerprint density at radius 1 is 1.07 bits per heavy atom. The number of carbonyl (C=O) groups excluding carboxylic acids is 2. The van der Waals surface area contributed by atoms with Crippen LogP contribution in [0.5, 0.6) is 0 Å². The quantitative estimate of drug-likeness (QED) is 0.659. The summed E-state index contributed by atoms with van der Waals surface area (Å²) < 4.78 is 0.934. The van der Waals surface area contributed by atoms with Gasteiger partial charge in [0.25, 0.3) is 11.8 Å². The average molecular weight is 400 g/mol. The molecule has 4 rings (SSSR count). The molecule has 0 aliphatic carbocycles. The van der Waals surface area contributed by atoms with Crippen molar-refractivity contribution in [2.75, 3.05) is 18.0 Å². The smallest absolute Gasteiger partial charge is 0.281 e. The number of thiophene rings is 1. The number of carbonyl (C=O) groups is 2. The molecule has 0 saturated heterocycles. The lowest BCUT2D eigenvalue weighted by molar-refractivity contribution is -0.120. The zero-order valence-corrected chi connectivity index (χ0v) is 16.1. The van der Waals surface area contributed by atoms with Gasteiger partial charge in [-0.2, -0.15) is 0 Å². The van der Waals surface area contributed by atoms with Crippen molar-refractivity contribution in [3.8, 4) is 0 Å². The SMILES string of the molecule is O=C(CN1CCCc2ccccc21)NNC(=O)c1sc2ccccc2c1Cl. The van der Waals surface area contributed by atoms with E-state index in [2.05, 4.69) is 16.9 Å². The maximum Gasteiger partial charge on any atom is 0.281 e. The van der Waals surface area contributed by atoms with Gasteiger partial charge >= 0.3 is 0 Å². The third-order valence-corrected chi connectivity index (χ3v) is 6.27. The van der Waals surface area contributed by atoms with Crippen molar-refractivity contribution in [3.63, 3.8) is 0 Å². The predicted octanol–water partition coefficient (Wildman–Crippen LogP) is 3.77. The van der Waals surface area contributed by atoms with Crippen LogP contribution in [0.2, 0.25) is 5.02 Å². The molecule has 7 heteroatoms. The highest BCUT2D eigenvalue weighted by Gasteiger charge is 2.20. The van der Waals surface area contributed by atoms with Crippen LogP contribution in [0.4, 0.5) is 5.69 Å². The maximum atomic E-state index is 12.4. The second-order valence-electron chi connectivity index (χ2n) is 6.40. The lowest BCUT2D eigenvalue weighted by Gasteiger charge is -2.30. The highest BCUT2D eigenvalue weighted by atomic mass is 35.5. The third kappa shape index (κ3) is 3.63. The molecule has 0 atom stereocenters. The molecule has 1 aliphatic rings. The van der Waals surface area contributed by atoms with Crippen LogP contribution in [0.25, 0.3) is 10.1 Å². The van der Waals surface area contributed by atoms with Crippen LogP contribution in [0.3, 0.4) is 0 Å². The van der Waals surface area contributed by atoms with E-state index in [1.54, 1.807) is 0 Å². The first-order chi connectivity index (χ1) is 13.1. The van der Waals surface area contributed by atoms with Gasteiger partial charge in [0.05, 0.1) is 11.6 Å². The minimum absolute atomic E-state index is 0.192. The summed E-state index contributed by atoms with van der Waals surface area (Å²) in [5, 5.41) is 1.25. The molecule has 27 heavy (non-hydrogen) atoms. The number of hydrogen-bond donors (Lipinski definition) is 2. The summed E-state index contributed by atoms with van der Waals surface area (Å²) in [5.41, 5.74) is 7.30. The summed E-state index contributed by atoms with van der Waals surface area (Å²) in [7, 11) is 0. The first-order valence-corrected chi connectivity index (χ1v) is 9.92. The molecule has 0 saturated carbocycles. The Balaban J connectivity index is 1.39. The third-order valence-electron chi connectivity index (χ3n) is 4.60. The number of hydrazine groups is 1. The van der Waals surface area contributed by atoms with Crippen molar-refractivity contribution in [2.45, 2.75) is 12.8 Å². The van der Waals surface area contributed by atoms with Crippen LogP contribution in [-0.2, 0) is 11.2 Å². The van der Waals surface area contributed by atoms with Crippen molar-refractivity contribution >= 4 is 50.5 Å². The molecule has 2 aromatic carbocycles. The number of halogens is 1. The van der Waals surface area contributed by atoms with E-state index in [1.165, 1.54) is 16.9 Å². The molecule has 0 bridgehead atoms. The summed E-state index contributed by atoms with van der Waals surface area (Å²) in [5.74, 6) is -0.675. The second-order valence-corrected chi connectivity index (χ2v) is 7.83. The second kappa shape index (κ2) is 7.58. The number of fused-ring (bicyclic) bond motifs is 2. The molecule has 5 nitrogen and oxygen atoms in total. The number of nitrogens with zero attached hydrogens (tertiary/aromatic N) is 1. The van der Waals surface area contributed by atoms with Crippen molar-refractivity contribution in [2.24, 2.45) is 0 Å². The van der Waals surface area contributed by atoms with Crippen LogP contribution in [0.15, 0.2) is 48.5 Å². The van der Waals surface area contributed by atoms with E-state index in [1.807, 2.05) is 47.4 Å². The Kier molecular flexibility index (Phi) is 5.01. The summed E-state index contributed by atoms with van der Waals surface area (Å²) in [6, 6.07) is 15.7. The number of para-hydroxylation sites is 1. The maximum absolute atomic E-state index is 12.4. The van der Waals surface area contributed by atoms with E-state index in [0.29, 0.717) is 9.90 Å². The largest absolute Gasteiger partial charge is 0.362 e. The number of benzene rings is 2. The Labute approximate surface area is 165 Å². The van der Waals surface area contributed by atoms with Crippen LogP contribution >= 0.6 is 22.9 Å². The van der Waals surface area contributed by atoms with Gasteiger partial charge in [0.1, 0.15) is 4.88 Å². The van der Waals surface area contributed by atoms with E-state index in [4.69, 9.17) is 11.6 Å². The number of hydrogen-bond acceptors (Lipinski definition) is 4. The van der Waals surface area contributed by atoms with Crippen LogP contribution in [0.1, 0.15) is 21.7 Å². The van der Waals surface area contributed by atoms with Gasteiger partial charge in [0, 0.05) is 22.3 Å². The van der Waals surface area contributed by atoms with Gasteiger partial charge < -0.3 is 4.90 Å². The van der Waals surface area contributed by atoms with E-state index in [9.17, 15) is 9.59 Å². The van der Waals surface area contributed by atoms with Gasteiger partial charge in [-0.25, -0.2) is 0 Å². The van der Waals surface area contributed by atoms with Gasteiger partial charge in [0.2, 0.25) is 0 Å². The van der Waals surface area contributed by atoms with E-state index in [0.717, 1.165) is 35.2 Å². The molecule has 3 aromatic rings. The highest BCUT2D eigenvalue weighted by Crippen LogP contribution is 2.34. The fourth-order valence-corrected chi connectivity index (χ4v) is 4.74. The molecule has 138 valence electrons. The van der Waals surface area contributed by atoms with Gasteiger partial charge in [-0.15, -0.1) is 11.3 Å². The molecule has 1 aromatic heterocycles. The Bertz CT molecular complexity index is 1020. The molecule has 0 fully saturated rings. The minimum Gasteiger partial charge on any atom is -0.362 e. The highest BCUT2D eigenvalue weighted by molar-refractivity contribution is 7.21. The molecule has 2 amide bonds. The number of amides is 2. The van der Waals surface area contributed by atoms with Gasteiger partial charge in [-0.05, 0) is 30.5 Å². The van der Waals surface area contributed by atoms with Crippen molar-refractivity contribution < 1.29 is 9.59 Å². The van der Waals surface area contributed by atoms with Crippen molar-refractivity contribution in [3.05, 3.63) is 64.0 Å². The summed E-state index contributed by atoms with van der Waals surface area (Å²) in [6.45, 7) is 1.01. The molecule has 2 N–H and O–H groups in total. The Morgan fingerprint density at radius 3 is 2.70 bits per heavy atom.